The number of carbonyl (C=O) groups excluding carboxylic acids is 1. The molecule has 8 heteroatoms. The van der Waals surface area contributed by atoms with Crippen LogP contribution >= 0.6 is 35.7 Å². The number of hydrogen-bond acceptors (Lipinski definition) is 6. The van der Waals surface area contributed by atoms with Crippen molar-refractivity contribution in [2.24, 2.45) is 0 Å². The lowest BCUT2D eigenvalue weighted by Crippen LogP contribution is -2.27. The summed E-state index contributed by atoms with van der Waals surface area (Å²) in [5.41, 5.74) is 0.866. The van der Waals surface area contributed by atoms with Crippen molar-refractivity contribution in [2.75, 3.05) is 18.0 Å². The first-order valence-electron chi connectivity index (χ1n) is 7.23. The SMILES string of the molecule is CCN1C(=O)/C(=C\C=C2\Sc3ccccc3N2CC(=O)O)SC1=S. The first kappa shape index (κ1) is 17.1. The number of amides is 1. The Morgan fingerprint density at radius 2 is 2.00 bits per heavy atom. The van der Waals surface area contributed by atoms with Gasteiger partial charge in [-0.05, 0) is 31.2 Å². The van der Waals surface area contributed by atoms with Crippen molar-refractivity contribution in [1.29, 1.82) is 0 Å². The van der Waals surface area contributed by atoms with E-state index in [9.17, 15) is 9.59 Å². The van der Waals surface area contributed by atoms with E-state index in [0.29, 0.717) is 15.8 Å². The molecule has 1 N–H and O–H groups in total. The monoisotopic (exact) mass is 378 g/mol. The summed E-state index contributed by atoms with van der Waals surface area (Å²) in [5.74, 6) is -1.01. The second-order valence-electron chi connectivity index (χ2n) is 5.00. The van der Waals surface area contributed by atoms with Crippen molar-refractivity contribution in [3.05, 3.63) is 46.4 Å². The second kappa shape index (κ2) is 7.00. The maximum Gasteiger partial charge on any atom is 0.323 e. The number of hydrogen-bond donors (Lipinski definition) is 1. The third kappa shape index (κ3) is 3.22. The van der Waals surface area contributed by atoms with Crippen LogP contribution in [0.15, 0.2) is 51.2 Å². The summed E-state index contributed by atoms with van der Waals surface area (Å²) in [6.45, 7) is 2.30. The molecule has 1 aromatic rings. The van der Waals surface area contributed by atoms with E-state index in [1.54, 1.807) is 22.0 Å². The number of thioether (sulfide) groups is 2. The van der Waals surface area contributed by atoms with Crippen molar-refractivity contribution >= 4 is 57.6 Å². The molecule has 2 aliphatic heterocycles. The van der Waals surface area contributed by atoms with Crippen molar-refractivity contribution < 1.29 is 14.7 Å². The van der Waals surface area contributed by atoms with Crippen LogP contribution in [-0.4, -0.2) is 39.3 Å². The van der Waals surface area contributed by atoms with Gasteiger partial charge >= 0.3 is 5.97 Å². The summed E-state index contributed by atoms with van der Waals surface area (Å²) in [6.07, 6.45) is 3.51. The number of benzene rings is 1. The third-order valence-corrected chi connectivity index (χ3v) is 6.02. The molecule has 0 aliphatic carbocycles. The Kier molecular flexibility index (Phi) is 4.98. The highest BCUT2D eigenvalue weighted by molar-refractivity contribution is 8.26. The van der Waals surface area contributed by atoms with E-state index >= 15 is 0 Å². The molecular weight excluding hydrogens is 364 g/mol. The number of allylic oxidation sites excluding steroid dienone is 2. The van der Waals surface area contributed by atoms with Crippen LogP contribution in [0.3, 0.4) is 0 Å². The van der Waals surface area contributed by atoms with Gasteiger partial charge in [0.05, 0.1) is 15.6 Å². The summed E-state index contributed by atoms with van der Waals surface area (Å²) in [6, 6.07) is 7.64. The van der Waals surface area contributed by atoms with Gasteiger partial charge in [0.2, 0.25) is 0 Å². The van der Waals surface area contributed by atoms with Crippen LogP contribution in [0.5, 0.6) is 0 Å². The van der Waals surface area contributed by atoms with Gasteiger partial charge in [0.1, 0.15) is 10.9 Å². The molecule has 2 heterocycles. The fourth-order valence-corrected chi connectivity index (χ4v) is 4.80. The van der Waals surface area contributed by atoms with Gasteiger partial charge in [0.15, 0.2) is 0 Å². The maximum absolute atomic E-state index is 12.2. The van der Waals surface area contributed by atoms with E-state index in [4.69, 9.17) is 17.3 Å². The second-order valence-corrected chi connectivity index (χ2v) is 7.74. The average Bonchev–Trinajstić information content (AvgIpc) is 3.02. The molecule has 124 valence electrons. The number of carboxylic acid groups (broad SMARTS) is 1. The molecule has 1 amide bonds. The standard InChI is InChI=1S/C16H14N2O3S3/c1-2-17-15(21)12(24-16(17)22)7-8-13-18(9-14(19)20)10-5-3-4-6-11(10)23-13/h3-8H,2,9H2,1H3,(H,19,20)/b12-7+,13-8+. The molecule has 0 bridgehead atoms. The molecule has 0 unspecified atom stereocenters. The maximum atomic E-state index is 12.2. The molecule has 2 aliphatic rings. The lowest BCUT2D eigenvalue weighted by molar-refractivity contribution is -0.135. The number of fused-ring (bicyclic) bond motifs is 1. The van der Waals surface area contributed by atoms with Gasteiger partial charge in [0, 0.05) is 11.4 Å². The van der Waals surface area contributed by atoms with Crippen LogP contribution in [0.1, 0.15) is 6.92 Å². The van der Waals surface area contributed by atoms with Crippen molar-refractivity contribution in [3.63, 3.8) is 0 Å². The van der Waals surface area contributed by atoms with E-state index in [2.05, 4.69) is 0 Å². The van der Waals surface area contributed by atoms with Gasteiger partial charge in [-0.3, -0.25) is 14.5 Å². The summed E-state index contributed by atoms with van der Waals surface area (Å²) >= 11 is 7.95. The van der Waals surface area contributed by atoms with Gasteiger partial charge < -0.3 is 10.0 Å². The van der Waals surface area contributed by atoms with Crippen molar-refractivity contribution in [3.8, 4) is 0 Å². The fourth-order valence-electron chi connectivity index (χ4n) is 2.41. The van der Waals surface area contributed by atoms with Crippen LogP contribution in [-0.2, 0) is 9.59 Å². The zero-order valence-electron chi connectivity index (χ0n) is 12.8. The fraction of sp³-hybridized carbons (Fsp3) is 0.188. The summed E-state index contributed by atoms with van der Waals surface area (Å²) in [4.78, 5) is 28.3. The molecular formula is C16H14N2O3S3. The lowest BCUT2D eigenvalue weighted by atomic mass is 10.3. The minimum atomic E-state index is -0.907. The van der Waals surface area contributed by atoms with E-state index in [1.807, 2.05) is 31.2 Å². The molecule has 1 aromatic carbocycles. The molecule has 0 spiro atoms. The number of para-hydroxylation sites is 1. The largest absolute Gasteiger partial charge is 0.480 e. The average molecular weight is 379 g/mol. The Morgan fingerprint density at radius 3 is 2.67 bits per heavy atom. The molecule has 1 saturated heterocycles. The quantitative estimate of drug-likeness (QED) is 0.637. The highest BCUT2D eigenvalue weighted by Gasteiger charge is 2.31. The minimum Gasteiger partial charge on any atom is -0.480 e. The molecule has 0 aromatic heterocycles. The number of carboxylic acids is 1. The highest BCUT2D eigenvalue weighted by atomic mass is 32.2. The van der Waals surface area contributed by atoms with Crippen molar-refractivity contribution in [2.45, 2.75) is 11.8 Å². The number of rotatable bonds is 4. The third-order valence-electron chi connectivity index (χ3n) is 3.50. The number of anilines is 1. The predicted octanol–water partition coefficient (Wildman–Crippen LogP) is 3.29. The molecule has 24 heavy (non-hydrogen) atoms. The zero-order valence-corrected chi connectivity index (χ0v) is 15.2. The van der Waals surface area contributed by atoms with Crippen LogP contribution in [0, 0.1) is 0 Å². The van der Waals surface area contributed by atoms with Crippen LogP contribution < -0.4 is 4.90 Å². The smallest absolute Gasteiger partial charge is 0.323 e. The van der Waals surface area contributed by atoms with Crippen LogP contribution in [0.2, 0.25) is 0 Å². The van der Waals surface area contributed by atoms with E-state index in [0.717, 1.165) is 15.6 Å². The van der Waals surface area contributed by atoms with E-state index < -0.39 is 5.97 Å². The topological polar surface area (TPSA) is 60.9 Å². The molecule has 0 radical (unpaired) electrons. The zero-order chi connectivity index (χ0) is 17.3. The van der Waals surface area contributed by atoms with Gasteiger partial charge in [-0.2, -0.15) is 0 Å². The summed E-state index contributed by atoms with van der Waals surface area (Å²) < 4.78 is 0.553. The number of aliphatic carboxylic acids is 1. The predicted molar refractivity (Wildman–Crippen MR) is 101 cm³/mol. The lowest BCUT2D eigenvalue weighted by Gasteiger charge is -2.17. The van der Waals surface area contributed by atoms with Crippen LogP contribution in [0.4, 0.5) is 5.69 Å². The molecule has 0 saturated carbocycles. The van der Waals surface area contributed by atoms with E-state index in [1.165, 1.54) is 23.5 Å². The van der Waals surface area contributed by atoms with Gasteiger partial charge in [-0.15, -0.1) is 0 Å². The molecule has 3 rings (SSSR count). The molecule has 1 fully saturated rings. The van der Waals surface area contributed by atoms with Crippen LogP contribution in [0.25, 0.3) is 0 Å². The van der Waals surface area contributed by atoms with E-state index in [-0.39, 0.29) is 12.5 Å². The summed E-state index contributed by atoms with van der Waals surface area (Å²) in [7, 11) is 0. The Morgan fingerprint density at radius 1 is 1.25 bits per heavy atom. The highest BCUT2D eigenvalue weighted by Crippen LogP contribution is 2.45. The summed E-state index contributed by atoms with van der Waals surface area (Å²) in [5, 5.41) is 9.94. The Hall–Kier alpha value is -1.77. The number of thiocarbonyl (C=S) groups is 1. The normalized spacial score (nSPS) is 20.4. The number of nitrogens with zero attached hydrogens (tertiary/aromatic N) is 2. The molecule has 0 atom stereocenters. The number of likely N-dealkylation sites (N-methyl/N-ethyl adjacent to an activating group) is 1. The minimum absolute atomic E-state index is 0.102. The Balaban J connectivity index is 1.90. The van der Waals surface area contributed by atoms with Gasteiger partial charge in [-0.25, -0.2) is 0 Å². The Labute approximate surface area is 153 Å². The Bertz CT molecular complexity index is 789. The van der Waals surface area contributed by atoms with Gasteiger partial charge in [0.25, 0.3) is 5.91 Å². The van der Waals surface area contributed by atoms with Gasteiger partial charge in [-0.1, -0.05) is 47.9 Å². The first-order valence-corrected chi connectivity index (χ1v) is 9.27. The van der Waals surface area contributed by atoms with Crippen molar-refractivity contribution in [1.82, 2.24) is 4.90 Å². The first-order chi connectivity index (χ1) is 11.5. The molecule has 5 nitrogen and oxygen atoms in total. The number of carbonyl (C=O) groups is 2.